The highest BCUT2D eigenvalue weighted by Crippen LogP contribution is 2.32. The van der Waals surface area contributed by atoms with Gasteiger partial charge in [-0.1, -0.05) is 60.7 Å². The molecule has 0 spiro atoms. The van der Waals surface area contributed by atoms with Crippen LogP contribution in [0.15, 0.2) is 71.3 Å². The monoisotopic (exact) mass is 238 g/mol. The van der Waals surface area contributed by atoms with Crippen LogP contribution in [-0.2, 0) is 0 Å². The Morgan fingerprint density at radius 3 is 1.89 bits per heavy atom. The Bertz CT molecular complexity index is 584. The minimum absolute atomic E-state index is 0.287. The van der Waals surface area contributed by atoms with E-state index in [9.17, 15) is 4.39 Å². The van der Waals surface area contributed by atoms with E-state index in [2.05, 4.69) is 0 Å². The second kappa shape index (κ2) is 4.49. The molecule has 2 heteroatoms. The SMILES string of the molecule is Fc1c(-c2ccccc2)coc1-c1ccccc1. The van der Waals surface area contributed by atoms with E-state index in [0.29, 0.717) is 5.56 Å². The van der Waals surface area contributed by atoms with Crippen molar-refractivity contribution in [2.75, 3.05) is 0 Å². The number of halogens is 1. The minimum atomic E-state index is -0.313. The maximum Gasteiger partial charge on any atom is 0.177 e. The molecule has 1 nitrogen and oxygen atoms in total. The summed E-state index contributed by atoms with van der Waals surface area (Å²) in [7, 11) is 0. The number of benzene rings is 2. The maximum absolute atomic E-state index is 14.3. The molecule has 0 unspecified atom stereocenters. The molecule has 3 rings (SSSR count). The van der Waals surface area contributed by atoms with Gasteiger partial charge in [-0.05, 0) is 5.56 Å². The Labute approximate surface area is 105 Å². The van der Waals surface area contributed by atoms with Gasteiger partial charge in [-0.25, -0.2) is 4.39 Å². The fourth-order valence-electron chi connectivity index (χ4n) is 1.94. The van der Waals surface area contributed by atoms with Crippen LogP contribution in [0.3, 0.4) is 0 Å². The average molecular weight is 238 g/mol. The van der Waals surface area contributed by atoms with Crippen LogP contribution in [0, 0.1) is 5.82 Å². The molecule has 0 saturated carbocycles. The highest BCUT2D eigenvalue weighted by molar-refractivity contribution is 5.70. The number of hydrogen-bond donors (Lipinski definition) is 0. The summed E-state index contributed by atoms with van der Waals surface area (Å²) in [6.07, 6.45) is 1.47. The lowest BCUT2D eigenvalue weighted by molar-refractivity contribution is 0.549. The van der Waals surface area contributed by atoms with E-state index in [1.54, 1.807) is 0 Å². The molecule has 0 N–H and O–H groups in total. The van der Waals surface area contributed by atoms with E-state index < -0.39 is 0 Å². The minimum Gasteiger partial charge on any atom is -0.460 e. The zero-order chi connectivity index (χ0) is 12.4. The normalized spacial score (nSPS) is 10.5. The fraction of sp³-hybridized carbons (Fsp3) is 0. The summed E-state index contributed by atoms with van der Waals surface area (Å²) >= 11 is 0. The zero-order valence-electron chi connectivity index (χ0n) is 9.64. The van der Waals surface area contributed by atoms with Gasteiger partial charge in [0.15, 0.2) is 11.6 Å². The van der Waals surface area contributed by atoms with Gasteiger partial charge in [-0.15, -0.1) is 0 Å². The van der Waals surface area contributed by atoms with Crippen molar-refractivity contribution >= 4 is 0 Å². The zero-order valence-corrected chi connectivity index (χ0v) is 9.64. The van der Waals surface area contributed by atoms with Crippen molar-refractivity contribution < 1.29 is 8.81 Å². The van der Waals surface area contributed by atoms with Crippen LogP contribution in [0.5, 0.6) is 0 Å². The van der Waals surface area contributed by atoms with Crippen LogP contribution in [0.2, 0.25) is 0 Å². The van der Waals surface area contributed by atoms with E-state index in [1.807, 2.05) is 60.7 Å². The first kappa shape index (κ1) is 10.8. The predicted octanol–water partition coefficient (Wildman–Crippen LogP) is 4.75. The van der Waals surface area contributed by atoms with Crippen molar-refractivity contribution in [2.45, 2.75) is 0 Å². The van der Waals surface area contributed by atoms with Crippen molar-refractivity contribution in [1.29, 1.82) is 0 Å². The second-order valence-electron chi connectivity index (χ2n) is 4.02. The quantitative estimate of drug-likeness (QED) is 0.627. The largest absolute Gasteiger partial charge is 0.460 e. The molecular weight excluding hydrogens is 227 g/mol. The summed E-state index contributed by atoms with van der Waals surface area (Å²) in [5.41, 5.74) is 2.06. The molecule has 3 aromatic rings. The Morgan fingerprint density at radius 2 is 1.28 bits per heavy atom. The lowest BCUT2D eigenvalue weighted by atomic mass is 10.1. The first-order valence-electron chi connectivity index (χ1n) is 5.74. The number of furan rings is 1. The van der Waals surface area contributed by atoms with Gasteiger partial charge in [0.1, 0.15) is 6.26 Å². The first-order valence-corrected chi connectivity index (χ1v) is 5.74. The van der Waals surface area contributed by atoms with E-state index >= 15 is 0 Å². The Morgan fingerprint density at radius 1 is 0.722 bits per heavy atom. The number of hydrogen-bond acceptors (Lipinski definition) is 1. The molecule has 0 saturated heterocycles. The standard InChI is InChI=1S/C16H11FO/c17-15-14(12-7-3-1-4-8-12)11-18-16(15)13-9-5-2-6-10-13/h1-11H. The van der Waals surface area contributed by atoms with Crippen molar-refractivity contribution in [3.8, 4) is 22.5 Å². The van der Waals surface area contributed by atoms with Crippen LogP contribution in [-0.4, -0.2) is 0 Å². The molecule has 88 valence electrons. The molecule has 18 heavy (non-hydrogen) atoms. The van der Waals surface area contributed by atoms with Gasteiger partial charge < -0.3 is 4.42 Å². The summed E-state index contributed by atoms with van der Waals surface area (Å²) in [5, 5.41) is 0. The molecule has 0 aliphatic rings. The first-order chi connectivity index (χ1) is 8.86. The average Bonchev–Trinajstić information content (AvgIpc) is 2.83. The second-order valence-corrected chi connectivity index (χ2v) is 4.02. The van der Waals surface area contributed by atoms with Crippen LogP contribution in [0.4, 0.5) is 4.39 Å². The molecule has 1 aromatic heterocycles. The molecule has 1 heterocycles. The Balaban J connectivity index is 2.09. The number of rotatable bonds is 2. The molecule has 0 aliphatic heterocycles. The maximum atomic E-state index is 14.3. The van der Waals surface area contributed by atoms with Gasteiger partial charge in [0.25, 0.3) is 0 Å². The summed E-state index contributed by atoms with van der Waals surface area (Å²) < 4.78 is 19.7. The summed E-state index contributed by atoms with van der Waals surface area (Å²) in [4.78, 5) is 0. The van der Waals surface area contributed by atoms with Crippen molar-refractivity contribution in [3.05, 3.63) is 72.7 Å². The van der Waals surface area contributed by atoms with Crippen molar-refractivity contribution in [1.82, 2.24) is 0 Å². The smallest absolute Gasteiger partial charge is 0.177 e. The predicted molar refractivity (Wildman–Crippen MR) is 69.5 cm³/mol. The van der Waals surface area contributed by atoms with E-state index in [0.717, 1.165) is 11.1 Å². The van der Waals surface area contributed by atoms with Crippen LogP contribution in [0.25, 0.3) is 22.5 Å². The molecule has 2 aromatic carbocycles. The van der Waals surface area contributed by atoms with E-state index in [1.165, 1.54) is 6.26 Å². The summed E-state index contributed by atoms with van der Waals surface area (Å²) in [6, 6.07) is 18.7. The highest BCUT2D eigenvalue weighted by atomic mass is 19.1. The van der Waals surface area contributed by atoms with Gasteiger partial charge in [0, 0.05) is 5.56 Å². The topological polar surface area (TPSA) is 13.1 Å². The lowest BCUT2D eigenvalue weighted by Crippen LogP contribution is -1.81. The summed E-state index contributed by atoms with van der Waals surface area (Å²) in [6.45, 7) is 0. The molecule has 0 bridgehead atoms. The Hall–Kier alpha value is -2.35. The van der Waals surface area contributed by atoms with E-state index in [-0.39, 0.29) is 11.6 Å². The third-order valence-corrected chi connectivity index (χ3v) is 2.85. The van der Waals surface area contributed by atoms with Gasteiger partial charge in [-0.3, -0.25) is 0 Å². The third-order valence-electron chi connectivity index (χ3n) is 2.85. The molecular formula is C16H11FO. The van der Waals surface area contributed by atoms with Crippen molar-refractivity contribution in [2.24, 2.45) is 0 Å². The highest BCUT2D eigenvalue weighted by Gasteiger charge is 2.15. The molecule has 0 radical (unpaired) electrons. The third kappa shape index (κ3) is 1.82. The lowest BCUT2D eigenvalue weighted by Gasteiger charge is -1.98. The molecule has 0 aliphatic carbocycles. The van der Waals surface area contributed by atoms with Crippen molar-refractivity contribution in [3.63, 3.8) is 0 Å². The Kier molecular flexibility index (Phi) is 2.69. The van der Waals surface area contributed by atoms with Crippen LogP contribution < -0.4 is 0 Å². The van der Waals surface area contributed by atoms with Gasteiger partial charge in [-0.2, -0.15) is 0 Å². The van der Waals surface area contributed by atoms with Gasteiger partial charge >= 0.3 is 0 Å². The van der Waals surface area contributed by atoms with Gasteiger partial charge in [0.05, 0.1) is 5.56 Å². The van der Waals surface area contributed by atoms with E-state index in [4.69, 9.17) is 4.42 Å². The molecule has 0 atom stereocenters. The molecule has 0 fully saturated rings. The molecule has 0 amide bonds. The van der Waals surface area contributed by atoms with Crippen LogP contribution >= 0.6 is 0 Å². The van der Waals surface area contributed by atoms with Gasteiger partial charge in [0.2, 0.25) is 0 Å². The fourth-order valence-corrected chi connectivity index (χ4v) is 1.94. The van der Waals surface area contributed by atoms with Crippen LogP contribution in [0.1, 0.15) is 0 Å². The summed E-state index contributed by atoms with van der Waals surface area (Å²) in [5.74, 6) is -0.0261.